The lowest BCUT2D eigenvalue weighted by molar-refractivity contribution is -0.139. The molecule has 0 saturated carbocycles. The van der Waals surface area contributed by atoms with Crippen LogP contribution in [0.3, 0.4) is 0 Å². The lowest BCUT2D eigenvalue weighted by atomic mass is 10.3. The Morgan fingerprint density at radius 1 is 1.23 bits per heavy atom. The summed E-state index contributed by atoms with van der Waals surface area (Å²) in [5, 5.41) is 15.8. The summed E-state index contributed by atoms with van der Waals surface area (Å²) in [5.74, 6) is -2.02. The molecule has 0 aromatic heterocycles. The third-order valence-corrected chi connectivity index (χ3v) is 0.961. The van der Waals surface area contributed by atoms with Crippen LogP contribution in [0.5, 0.6) is 0 Å². The molecule has 0 bridgehead atoms. The van der Waals surface area contributed by atoms with E-state index in [2.05, 4.69) is 0 Å². The summed E-state index contributed by atoms with van der Waals surface area (Å²) in [6.07, 6.45) is 0. The molecular weight excluding hydrogens is 178 g/mol. The van der Waals surface area contributed by atoms with E-state index in [1.54, 1.807) is 0 Å². The highest BCUT2D eigenvalue weighted by Gasteiger charge is 2.05. The second kappa shape index (κ2) is 7.47. The van der Waals surface area contributed by atoms with Gasteiger partial charge in [-0.25, -0.2) is 0 Å². The third-order valence-electron chi connectivity index (χ3n) is 0.961. The van der Waals surface area contributed by atoms with Gasteiger partial charge in [0.15, 0.2) is 0 Å². The summed E-state index contributed by atoms with van der Waals surface area (Å²) in [5.41, 5.74) is 14.6. The summed E-state index contributed by atoms with van der Waals surface area (Å²) < 4.78 is 0. The molecule has 0 aliphatic rings. The van der Waals surface area contributed by atoms with Crippen LogP contribution in [0.2, 0.25) is 0 Å². The lowest BCUT2D eigenvalue weighted by Gasteiger charge is -1.97. The van der Waals surface area contributed by atoms with E-state index in [1.807, 2.05) is 0 Å². The second-order valence-corrected chi connectivity index (χ2v) is 2.31. The van der Waals surface area contributed by atoms with Gasteiger partial charge in [-0.15, -0.1) is 0 Å². The number of hydrogen-bond acceptors (Lipinski definition) is 5. The predicted octanol–water partition coefficient (Wildman–Crippen LogP) is -2.22. The van der Waals surface area contributed by atoms with Crippen LogP contribution < -0.4 is 17.2 Å². The molecule has 0 rings (SSSR count). The van der Waals surface area contributed by atoms with Crippen molar-refractivity contribution in [3.05, 3.63) is 0 Å². The molecule has 0 fully saturated rings. The fraction of sp³-hybridized carbons (Fsp3) is 0.667. The highest BCUT2D eigenvalue weighted by Crippen LogP contribution is 1.68. The molecule has 78 valence electrons. The molecule has 0 spiro atoms. The van der Waals surface area contributed by atoms with Crippen LogP contribution in [0.15, 0.2) is 0 Å². The number of hydrogen-bond donors (Lipinski definition) is 5. The van der Waals surface area contributed by atoms with E-state index in [-0.39, 0.29) is 6.54 Å². The first-order valence-electron chi connectivity index (χ1n) is 3.49. The Labute approximate surface area is 75.5 Å². The smallest absolute Gasteiger partial charge is 0.321 e. The first-order valence-corrected chi connectivity index (χ1v) is 3.49. The van der Waals surface area contributed by atoms with Gasteiger partial charge in [-0.05, 0) is 6.92 Å². The number of carboxylic acid groups (broad SMARTS) is 2. The molecule has 0 heterocycles. The van der Waals surface area contributed by atoms with E-state index in [1.165, 1.54) is 6.92 Å². The first-order chi connectivity index (χ1) is 5.82. The molecule has 0 saturated heterocycles. The molecule has 2 unspecified atom stereocenters. The molecule has 0 amide bonds. The Bertz CT molecular complexity index is 171. The monoisotopic (exact) mass is 193 g/mol. The molecule has 7 heteroatoms. The SMILES string of the molecule is CC(N)C(=O)O.NCC(N)C(=O)O. The average molecular weight is 193 g/mol. The molecule has 0 aliphatic carbocycles. The largest absolute Gasteiger partial charge is 0.480 e. The Kier molecular flexibility index (Phi) is 8.24. The van der Waals surface area contributed by atoms with Crippen LogP contribution >= 0.6 is 0 Å². The van der Waals surface area contributed by atoms with Gasteiger partial charge in [-0.2, -0.15) is 0 Å². The van der Waals surface area contributed by atoms with Gasteiger partial charge in [0.25, 0.3) is 0 Å². The predicted molar refractivity (Wildman–Crippen MR) is 46.0 cm³/mol. The Morgan fingerprint density at radius 3 is 1.54 bits per heavy atom. The molecule has 0 radical (unpaired) electrons. The highest BCUT2D eigenvalue weighted by molar-refractivity contribution is 5.73. The van der Waals surface area contributed by atoms with Gasteiger partial charge in [-0.3, -0.25) is 9.59 Å². The number of nitrogens with two attached hydrogens (primary N) is 3. The summed E-state index contributed by atoms with van der Waals surface area (Å²) in [4.78, 5) is 19.3. The van der Waals surface area contributed by atoms with E-state index >= 15 is 0 Å². The molecular formula is C6H15N3O4. The molecule has 0 aliphatic heterocycles. The molecule has 2 atom stereocenters. The van der Waals surface area contributed by atoms with E-state index in [0.29, 0.717) is 0 Å². The zero-order valence-corrected chi connectivity index (χ0v) is 7.30. The second-order valence-electron chi connectivity index (χ2n) is 2.31. The topological polar surface area (TPSA) is 153 Å². The van der Waals surface area contributed by atoms with Crippen molar-refractivity contribution in [3.63, 3.8) is 0 Å². The van der Waals surface area contributed by atoms with Crippen LogP contribution in [0.1, 0.15) is 6.92 Å². The fourth-order valence-electron chi connectivity index (χ4n) is 0.101. The van der Waals surface area contributed by atoms with Crippen LogP contribution in [-0.4, -0.2) is 40.8 Å². The van der Waals surface area contributed by atoms with Crippen molar-refractivity contribution in [2.45, 2.75) is 19.0 Å². The van der Waals surface area contributed by atoms with E-state index in [4.69, 9.17) is 27.4 Å². The molecule has 13 heavy (non-hydrogen) atoms. The molecule has 7 nitrogen and oxygen atoms in total. The standard InChI is InChI=1S/C3H8N2O2.C3H7NO2/c4-1-2(5)3(6)7;1-2(4)3(5)6/h2H,1,4-5H2,(H,6,7);2H,4H2,1H3,(H,5,6). The van der Waals surface area contributed by atoms with Crippen molar-refractivity contribution in [1.29, 1.82) is 0 Å². The van der Waals surface area contributed by atoms with Crippen molar-refractivity contribution in [3.8, 4) is 0 Å². The van der Waals surface area contributed by atoms with Gasteiger partial charge in [0.05, 0.1) is 0 Å². The van der Waals surface area contributed by atoms with Gasteiger partial charge in [0.2, 0.25) is 0 Å². The maximum absolute atomic E-state index is 9.73. The number of carboxylic acids is 2. The van der Waals surface area contributed by atoms with Gasteiger partial charge in [0.1, 0.15) is 12.1 Å². The zero-order valence-electron chi connectivity index (χ0n) is 7.30. The minimum atomic E-state index is -1.05. The summed E-state index contributed by atoms with van der Waals surface area (Å²) >= 11 is 0. The first kappa shape index (κ1) is 14.3. The number of carbonyl (C=O) groups is 2. The van der Waals surface area contributed by atoms with E-state index in [9.17, 15) is 9.59 Å². The van der Waals surface area contributed by atoms with Crippen LogP contribution in [0.25, 0.3) is 0 Å². The zero-order chi connectivity index (χ0) is 11.0. The van der Waals surface area contributed by atoms with Gasteiger partial charge in [-0.1, -0.05) is 0 Å². The van der Waals surface area contributed by atoms with Crippen LogP contribution in [-0.2, 0) is 9.59 Å². The molecule has 0 aromatic carbocycles. The minimum Gasteiger partial charge on any atom is -0.480 e. The Morgan fingerprint density at radius 2 is 1.54 bits per heavy atom. The minimum absolute atomic E-state index is 0.00463. The van der Waals surface area contributed by atoms with E-state index in [0.717, 1.165) is 0 Å². The van der Waals surface area contributed by atoms with Gasteiger partial charge < -0.3 is 27.4 Å². The van der Waals surface area contributed by atoms with Gasteiger partial charge >= 0.3 is 11.9 Å². The molecule has 8 N–H and O–H groups in total. The fourth-order valence-corrected chi connectivity index (χ4v) is 0.101. The normalized spacial score (nSPS) is 13.5. The van der Waals surface area contributed by atoms with Crippen molar-refractivity contribution in [2.24, 2.45) is 17.2 Å². The maximum atomic E-state index is 9.73. The molecule has 0 aromatic rings. The number of rotatable bonds is 3. The Hall–Kier alpha value is -1.18. The maximum Gasteiger partial charge on any atom is 0.321 e. The van der Waals surface area contributed by atoms with Crippen molar-refractivity contribution in [2.75, 3.05) is 6.54 Å². The number of aliphatic carboxylic acids is 2. The Balaban J connectivity index is 0. The lowest BCUT2D eigenvalue weighted by Crippen LogP contribution is -2.37. The highest BCUT2D eigenvalue weighted by atomic mass is 16.4. The van der Waals surface area contributed by atoms with Crippen molar-refractivity contribution >= 4 is 11.9 Å². The third kappa shape index (κ3) is 10.8. The summed E-state index contributed by atoms with van der Waals surface area (Å²) in [7, 11) is 0. The van der Waals surface area contributed by atoms with Crippen LogP contribution in [0.4, 0.5) is 0 Å². The summed E-state index contributed by atoms with van der Waals surface area (Å²) in [6.45, 7) is 1.41. The quantitative estimate of drug-likeness (QED) is 0.340. The van der Waals surface area contributed by atoms with E-state index < -0.39 is 24.0 Å². The van der Waals surface area contributed by atoms with Crippen LogP contribution in [0, 0.1) is 0 Å². The average Bonchev–Trinajstić information content (AvgIpc) is 2.03. The summed E-state index contributed by atoms with van der Waals surface area (Å²) in [6, 6.07) is -1.63. The van der Waals surface area contributed by atoms with Crippen molar-refractivity contribution < 1.29 is 19.8 Å². The van der Waals surface area contributed by atoms with Crippen molar-refractivity contribution in [1.82, 2.24) is 0 Å². The van der Waals surface area contributed by atoms with Gasteiger partial charge in [0, 0.05) is 6.54 Å².